The first-order valence-electron chi connectivity index (χ1n) is 36.3. The van der Waals surface area contributed by atoms with Crippen molar-refractivity contribution in [3.63, 3.8) is 0 Å². The van der Waals surface area contributed by atoms with Crippen molar-refractivity contribution >= 4 is 150 Å². The zero-order chi connectivity index (χ0) is 86.4. The molecule has 0 saturated carbocycles. The Hall–Kier alpha value is -12.7. The Labute approximate surface area is 722 Å². The van der Waals surface area contributed by atoms with E-state index < -0.39 is 53.7 Å². The highest BCUT2D eigenvalue weighted by Crippen LogP contribution is 2.45. The van der Waals surface area contributed by atoms with Gasteiger partial charge >= 0.3 is 6.18 Å². The van der Waals surface area contributed by atoms with E-state index in [1.807, 2.05) is 85.8 Å². The average Bonchev–Trinajstić information content (AvgIpc) is 1.64. The fraction of sp³-hybridized carbons (Fsp3) is 0.129. The van der Waals surface area contributed by atoms with Crippen LogP contribution in [0.1, 0.15) is 139 Å². The van der Waals surface area contributed by atoms with Crippen molar-refractivity contribution in [3.05, 3.63) is 304 Å². The van der Waals surface area contributed by atoms with E-state index in [1.165, 1.54) is 62.9 Å². The summed E-state index contributed by atoms with van der Waals surface area (Å²) < 4.78 is 83.8. The predicted octanol–water partition coefficient (Wildman–Crippen LogP) is 19.7. The normalized spacial score (nSPS) is 12.2. The third-order valence-electron chi connectivity index (χ3n) is 18.6. The maximum absolute atomic E-state index is 13.7. The van der Waals surface area contributed by atoms with Gasteiger partial charge in [-0.2, -0.15) is 13.2 Å². The van der Waals surface area contributed by atoms with Crippen LogP contribution in [0.2, 0.25) is 20.1 Å². The standard InChI is InChI=1S/2C22H19ClN4O3S.C21H15ClF3N3O2S.C20H15ClFN3O2S/c1-12(14-5-3-4-6-15(14)23)30-17-9-18(31-20(17)21(24)28)16-10-26-19-8-7-13(11-27(16)19)22(29)25-2;1-12(14-5-3-4-6-15(14)23)30-17-10-18(31-20(17)21(24)28)16-11-26-19-9-13(22(29)25-2)7-8-27(16)19;1-11(13-4-2-3-5-14(13)22)30-16-8-17(31-19(16)20(26)29)15-9-27-18-7-6-12(10-28(15)18)21(23,24)25;1-11(13-4-2-3-5-14(13)21)27-16-8-17(28-19(16)20(23)26)15-9-24-18-7-6-12(22)10-25(15)18/h2*3-12H,1-2H3,(H2,24,28)(H,25,29);2-11H,1H3,(H2,26,29);2-11H,1H3,(H2,23,26). The highest BCUT2D eigenvalue weighted by molar-refractivity contribution is 7.19. The number of rotatable bonds is 22. The molecule has 4 unspecified atom stereocenters. The lowest BCUT2D eigenvalue weighted by Crippen LogP contribution is -2.18. The summed E-state index contributed by atoms with van der Waals surface area (Å²) in [5.74, 6) is -1.91. The van der Waals surface area contributed by atoms with E-state index in [0.29, 0.717) is 108 Å². The molecule has 6 amide bonds. The number of fused-ring (bicyclic) bond motifs is 4. The number of imidazole rings is 4. The van der Waals surface area contributed by atoms with Gasteiger partial charge in [-0.1, -0.05) is 119 Å². The van der Waals surface area contributed by atoms with Gasteiger partial charge in [-0.05, 0) is 100 Å². The Kier molecular flexibility index (Phi) is 26.3. The van der Waals surface area contributed by atoms with E-state index in [4.69, 9.17) is 88.3 Å². The molecule has 0 bridgehead atoms. The summed E-state index contributed by atoms with van der Waals surface area (Å²) in [7, 11) is 3.15. The van der Waals surface area contributed by atoms with Crippen LogP contribution in [0, 0.1) is 5.82 Å². The number of hydrogen-bond acceptors (Lipinski definition) is 18. The van der Waals surface area contributed by atoms with Crippen LogP contribution >= 0.6 is 91.8 Å². The number of amides is 6. The lowest BCUT2D eigenvalue weighted by molar-refractivity contribution is -0.137. The Morgan fingerprint density at radius 1 is 0.388 bits per heavy atom. The van der Waals surface area contributed by atoms with E-state index in [0.717, 1.165) is 61.3 Å². The molecule has 4 aromatic carbocycles. The third-order valence-corrected chi connectivity index (χ3v) is 24.6. The fourth-order valence-electron chi connectivity index (χ4n) is 12.6. The van der Waals surface area contributed by atoms with Crippen LogP contribution < -0.4 is 52.5 Å². The van der Waals surface area contributed by atoms with Gasteiger partial charge in [-0.3, -0.25) is 46.4 Å². The molecular formula is C85H68Cl4F4N14O10S4. The number of nitrogens with two attached hydrogens (primary N) is 4. The molecule has 121 heavy (non-hydrogen) atoms. The minimum Gasteiger partial charge on any atom is -0.484 e. The van der Waals surface area contributed by atoms with Crippen LogP contribution in [0.15, 0.2) is 219 Å². The molecule has 618 valence electrons. The molecule has 0 aliphatic heterocycles. The van der Waals surface area contributed by atoms with Crippen molar-refractivity contribution in [1.29, 1.82) is 0 Å². The number of aromatic nitrogens is 8. The zero-order valence-electron chi connectivity index (χ0n) is 64.2. The average molecular weight is 1790 g/mol. The topological polar surface area (TPSA) is 337 Å². The molecule has 10 N–H and O–H groups in total. The summed E-state index contributed by atoms with van der Waals surface area (Å²) in [4.78, 5) is 92.9. The quantitative estimate of drug-likeness (QED) is 0.0344. The predicted molar refractivity (Wildman–Crippen MR) is 462 cm³/mol. The van der Waals surface area contributed by atoms with Crippen LogP contribution in [0.3, 0.4) is 0 Å². The summed E-state index contributed by atoms with van der Waals surface area (Å²) in [6, 6.07) is 48.1. The van der Waals surface area contributed by atoms with Crippen molar-refractivity contribution in [2.45, 2.75) is 58.3 Å². The third kappa shape index (κ3) is 19.2. The molecule has 36 heteroatoms. The van der Waals surface area contributed by atoms with E-state index >= 15 is 0 Å². The van der Waals surface area contributed by atoms with Gasteiger partial charge in [-0.25, -0.2) is 24.3 Å². The van der Waals surface area contributed by atoms with Gasteiger partial charge in [0.15, 0.2) is 0 Å². The summed E-state index contributed by atoms with van der Waals surface area (Å²) in [5, 5.41) is 7.44. The number of alkyl halides is 3. The number of carbonyl (C=O) groups excluding carboxylic acids is 6. The summed E-state index contributed by atoms with van der Waals surface area (Å²) in [6.45, 7) is 7.32. The smallest absolute Gasteiger partial charge is 0.417 e. The number of benzene rings is 4. The van der Waals surface area contributed by atoms with E-state index in [1.54, 1.807) is 152 Å². The van der Waals surface area contributed by atoms with E-state index in [2.05, 4.69) is 30.6 Å². The monoisotopic (exact) mass is 1790 g/mol. The molecular weight excluding hydrogens is 1720 g/mol. The van der Waals surface area contributed by atoms with Crippen molar-refractivity contribution in [1.82, 2.24) is 48.2 Å². The first-order valence-corrected chi connectivity index (χ1v) is 41.1. The van der Waals surface area contributed by atoms with Gasteiger partial charge in [0.2, 0.25) is 0 Å². The Bertz CT molecular complexity index is 6630. The fourth-order valence-corrected chi connectivity index (χ4v) is 17.6. The number of thiophene rings is 4. The SMILES string of the molecule is CC(Oc1cc(-c2cnc3ccc(C(F)(F)F)cn23)sc1C(N)=O)c1ccccc1Cl.CC(Oc1cc(-c2cnc3ccc(F)cn23)sc1C(N)=O)c1ccccc1Cl.CNC(=O)c1ccc2ncc(-c3cc(OC(C)c4ccccc4Cl)c(C(N)=O)s3)n2c1.CNC(=O)c1ccn2c(-c3cc(OC(C)c4ccccc4Cl)c(C(N)=O)s3)cnc2c1. The first-order chi connectivity index (χ1) is 57.9. The Balaban J connectivity index is 0.000000139. The summed E-state index contributed by atoms with van der Waals surface area (Å²) >= 11 is 29.6. The molecule has 16 rings (SSSR count). The number of hydrogen-bond donors (Lipinski definition) is 6. The van der Waals surface area contributed by atoms with Crippen molar-refractivity contribution < 1.29 is 65.3 Å². The van der Waals surface area contributed by atoms with Crippen molar-refractivity contribution in [2.75, 3.05) is 14.1 Å². The van der Waals surface area contributed by atoms with Crippen LogP contribution in [-0.2, 0) is 6.18 Å². The van der Waals surface area contributed by atoms with Crippen molar-refractivity contribution in [3.8, 4) is 65.3 Å². The largest absolute Gasteiger partial charge is 0.484 e. The number of halogens is 8. The summed E-state index contributed by atoms with van der Waals surface area (Å²) in [6.07, 6.45) is 6.03. The number of ether oxygens (including phenoxy) is 4. The molecule has 4 atom stereocenters. The van der Waals surface area contributed by atoms with Gasteiger partial charge < -0.3 is 52.5 Å². The maximum Gasteiger partial charge on any atom is 0.417 e. The Morgan fingerprint density at radius 2 is 0.694 bits per heavy atom. The Morgan fingerprint density at radius 3 is 1.03 bits per heavy atom. The van der Waals surface area contributed by atoms with Crippen LogP contribution in [0.5, 0.6) is 23.0 Å². The molecule has 0 spiro atoms. The summed E-state index contributed by atoms with van der Waals surface area (Å²) in [5.41, 5.74) is 30.3. The highest BCUT2D eigenvalue weighted by Gasteiger charge is 2.33. The zero-order valence-corrected chi connectivity index (χ0v) is 70.5. The minimum absolute atomic E-state index is 0.149. The second-order valence-corrected chi connectivity index (χ2v) is 32.4. The molecule has 0 saturated heterocycles. The minimum atomic E-state index is -4.50. The van der Waals surface area contributed by atoms with E-state index in [9.17, 15) is 46.3 Å². The maximum atomic E-state index is 13.7. The van der Waals surface area contributed by atoms with Crippen LogP contribution in [0.4, 0.5) is 17.6 Å². The second kappa shape index (κ2) is 36.9. The molecule has 16 aromatic rings. The molecule has 12 aromatic heterocycles. The lowest BCUT2D eigenvalue weighted by atomic mass is 10.1. The molecule has 24 nitrogen and oxygen atoms in total. The first kappa shape index (κ1) is 86.2. The van der Waals surface area contributed by atoms with Crippen LogP contribution in [0.25, 0.3) is 64.9 Å². The van der Waals surface area contributed by atoms with Gasteiger partial charge in [0, 0.05) is 111 Å². The van der Waals surface area contributed by atoms with Gasteiger partial charge in [0.25, 0.3) is 35.4 Å². The van der Waals surface area contributed by atoms with Gasteiger partial charge in [0.1, 0.15) is 95.3 Å². The number of nitrogens with one attached hydrogen (secondary N) is 2. The number of pyridine rings is 4. The molecule has 0 fully saturated rings. The number of primary amides is 4. The molecule has 12 heterocycles. The highest BCUT2D eigenvalue weighted by atomic mass is 35.5. The van der Waals surface area contributed by atoms with Crippen molar-refractivity contribution in [2.24, 2.45) is 22.9 Å². The number of nitrogens with zero attached hydrogens (tertiary/aromatic N) is 8. The van der Waals surface area contributed by atoms with E-state index in [-0.39, 0.29) is 39.2 Å². The molecule has 0 radical (unpaired) electrons. The molecule has 0 aliphatic carbocycles. The lowest BCUT2D eigenvalue weighted by Gasteiger charge is -2.16. The van der Waals surface area contributed by atoms with Gasteiger partial charge in [-0.15, -0.1) is 45.3 Å². The van der Waals surface area contributed by atoms with Gasteiger partial charge in [0.05, 0.1) is 78.2 Å². The molecule has 0 aliphatic rings. The van der Waals surface area contributed by atoms with Crippen LogP contribution in [-0.4, -0.2) is 87.1 Å². The number of carbonyl (C=O) groups is 6. The second-order valence-electron chi connectivity index (χ2n) is 26.5.